The highest BCUT2D eigenvalue weighted by Crippen LogP contribution is 2.39. The van der Waals surface area contributed by atoms with Gasteiger partial charge in [-0.3, -0.25) is 0 Å². The van der Waals surface area contributed by atoms with Crippen LogP contribution in [0.4, 0.5) is 0 Å². The molecule has 1 aromatic carbocycles. The zero-order valence-corrected chi connectivity index (χ0v) is 10.1. The summed E-state index contributed by atoms with van der Waals surface area (Å²) >= 11 is 1.97. The van der Waals surface area contributed by atoms with Crippen molar-refractivity contribution in [1.29, 1.82) is 0 Å². The highest BCUT2D eigenvalue weighted by atomic mass is 32.2. The molecule has 0 amide bonds. The minimum atomic E-state index is -0.186. The van der Waals surface area contributed by atoms with Gasteiger partial charge in [0.15, 0.2) is 0 Å². The second-order valence-corrected chi connectivity index (χ2v) is 5.85. The molecular formula is C13H18OS. The normalized spacial score (nSPS) is 23.5. The summed E-state index contributed by atoms with van der Waals surface area (Å²) in [4.78, 5) is 1.43. The molecule has 0 saturated heterocycles. The molecule has 1 aromatic rings. The first kappa shape index (κ1) is 11.0. The zero-order valence-electron chi connectivity index (χ0n) is 9.31. The molecule has 0 fully saturated rings. The molecule has 1 heterocycles. The Hall–Kier alpha value is -0.470. The molecule has 1 N–H and O–H groups in total. The first-order chi connectivity index (χ1) is 7.16. The lowest BCUT2D eigenvalue weighted by Crippen LogP contribution is -2.18. The van der Waals surface area contributed by atoms with Crippen molar-refractivity contribution in [3.05, 3.63) is 29.8 Å². The van der Waals surface area contributed by atoms with Gasteiger partial charge in [0.05, 0.1) is 6.10 Å². The molecule has 2 rings (SSSR count). The number of aliphatic hydroxyl groups is 1. The summed E-state index contributed by atoms with van der Waals surface area (Å²) in [5, 5.41) is 10.1. The number of hydrogen-bond donors (Lipinski definition) is 1. The van der Waals surface area contributed by atoms with Crippen LogP contribution in [0.15, 0.2) is 29.2 Å². The van der Waals surface area contributed by atoms with Gasteiger partial charge in [-0.2, -0.15) is 0 Å². The zero-order chi connectivity index (χ0) is 10.8. The van der Waals surface area contributed by atoms with Crippen LogP contribution in [0.25, 0.3) is 0 Å². The van der Waals surface area contributed by atoms with Gasteiger partial charge in [0.2, 0.25) is 0 Å². The third kappa shape index (κ3) is 2.56. The lowest BCUT2D eigenvalue weighted by atomic mass is 9.97. The molecule has 2 heteroatoms. The van der Waals surface area contributed by atoms with Gasteiger partial charge in [-0.15, -0.1) is 11.8 Å². The summed E-state index contributed by atoms with van der Waals surface area (Å²) < 4.78 is 0. The molecule has 0 saturated carbocycles. The van der Waals surface area contributed by atoms with Crippen molar-refractivity contribution in [3.63, 3.8) is 0 Å². The fourth-order valence-electron chi connectivity index (χ4n) is 2.00. The first-order valence-electron chi connectivity index (χ1n) is 5.59. The van der Waals surface area contributed by atoms with E-state index in [4.69, 9.17) is 0 Å². The predicted molar refractivity (Wildman–Crippen MR) is 65.3 cm³/mol. The van der Waals surface area contributed by atoms with Crippen LogP contribution in [-0.2, 0) is 6.42 Å². The number of aliphatic hydroxyl groups excluding tert-OH is 1. The molecule has 3 atom stereocenters. The van der Waals surface area contributed by atoms with E-state index >= 15 is 0 Å². The Balaban J connectivity index is 1.96. The van der Waals surface area contributed by atoms with Crippen LogP contribution in [-0.4, -0.2) is 16.5 Å². The number of fused-ring (bicyclic) bond motifs is 1. The smallest absolute Gasteiger partial charge is 0.0538 e. The Bertz CT molecular complexity index is 310. The van der Waals surface area contributed by atoms with E-state index in [0.29, 0.717) is 11.2 Å². The molecule has 0 radical (unpaired) electrons. The van der Waals surface area contributed by atoms with Crippen molar-refractivity contribution in [2.45, 2.75) is 42.9 Å². The van der Waals surface area contributed by atoms with Crippen molar-refractivity contribution in [2.24, 2.45) is 5.92 Å². The van der Waals surface area contributed by atoms with E-state index < -0.39 is 0 Å². The molecule has 0 spiro atoms. The van der Waals surface area contributed by atoms with Gasteiger partial charge in [-0.1, -0.05) is 25.1 Å². The van der Waals surface area contributed by atoms with Gasteiger partial charge in [-0.05, 0) is 37.3 Å². The van der Waals surface area contributed by atoms with Crippen molar-refractivity contribution in [3.8, 4) is 0 Å². The number of thioether (sulfide) groups is 1. The number of hydrogen-bond acceptors (Lipinski definition) is 2. The molecular weight excluding hydrogens is 204 g/mol. The molecule has 0 aliphatic carbocycles. The average molecular weight is 222 g/mol. The van der Waals surface area contributed by atoms with E-state index in [1.54, 1.807) is 0 Å². The summed E-state index contributed by atoms with van der Waals surface area (Å²) in [5.74, 6) is 0.400. The largest absolute Gasteiger partial charge is 0.393 e. The van der Waals surface area contributed by atoms with Crippen molar-refractivity contribution in [1.82, 2.24) is 0 Å². The van der Waals surface area contributed by atoms with Gasteiger partial charge in [0.25, 0.3) is 0 Å². The van der Waals surface area contributed by atoms with Gasteiger partial charge >= 0.3 is 0 Å². The molecule has 1 aliphatic heterocycles. The summed E-state index contributed by atoms with van der Waals surface area (Å²) in [6, 6.07) is 8.63. The van der Waals surface area contributed by atoms with Crippen molar-refractivity contribution >= 4 is 11.8 Å². The van der Waals surface area contributed by atoms with Crippen LogP contribution in [0.3, 0.4) is 0 Å². The SMILES string of the molecule is CC(O)C(C)CC1Cc2ccccc2S1. The van der Waals surface area contributed by atoms with E-state index in [0.717, 1.165) is 12.8 Å². The van der Waals surface area contributed by atoms with Crippen molar-refractivity contribution < 1.29 is 5.11 Å². The van der Waals surface area contributed by atoms with E-state index in [2.05, 4.69) is 31.2 Å². The van der Waals surface area contributed by atoms with Crippen LogP contribution < -0.4 is 0 Å². The van der Waals surface area contributed by atoms with Gasteiger partial charge in [-0.25, -0.2) is 0 Å². The van der Waals surface area contributed by atoms with Gasteiger partial charge < -0.3 is 5.11 Å². The van der Waals surface area contributed by atoms with Crippen LogP contribution in [0.1, 0.15) is 25.8 Å². The van der Waals surface area contributed by atoms with Crippen LogP contribution in [0.5, 0.6) is 0 Å². The lowest BCUT2D eigenvalue weighted by molar-refractivity contribution is 0.130. The maximum atomic E-state index is 9.49. The Morgan fingerprint density at radius 2 is 2.13 bits per heavy atom. The quantitative estimate of drug-likeness (QED) is 0.848. The van der Waals surface area contributed by atoms with Gasteiger partial charge in [0, 0.05) is 10.1 Å². The van der Waals surface area contributed by atoms with Crippen LogP contribution in [0, 0.1) is 5.92 Å². The third-order valence-corrected chi connectivity index (χ3v) is 4.52. The van der Waals surface area contributed by atoms with Gasteiger partial charge in [0.1, 0.15) is 0 Å². The molecule has 1 nitrogen and oxygen atoms in total. The Labute approximate surface area is 95.9 Å². The summed E-state index contributed by atoms with van der Waals surface area (Å²) in [5.41, 5.74) is 1.48. The Morgan fingerprint density at radius 3 is 2.80 bits per heavy atom. The first-order valence-corrected chi connectivity index (χ1v) is 6.47. The predicted octanol–water partition coefficient (Wildman–Crippen LogP) is 3.11. The molecule has 3 unspecified atom stereocenters. The highest BCUT2D eigenvalue weighted by molar-refractivity contribution is 8.00. The lowest BCUT2D eigenvalue weighted by Gasteiger charge is -2.18. The fourth-order valence-corrected chi connectivity index (χ4v) is 3.48. The summed E-state index contributed by atoms with van der Waals surface area (Å²) in [6.07, 6.45) is 2.09. The molecule has 0 bridgehead atoms. The second-order valence-electron chi connectivity index (χ2n) is 4.51. The van der Waals surface area contributed by atoms with Crippen LogP contribution >= 0.6 is 11.8 Å². The molecule has 82 valence electrons. The molecule has 15 heavy (non-hydrogen) atoms. The molecule has 0 aromatic heterocycles. The van der Waals surface area contributed by atoms with Crippen LogP contribution in [0.2, 0.25) is 0 Å². The summed E-state index contributed by atoms with van der Waals surface area (Å²) in [6.45, 7) is 4.02. The van der Waals surface area contributed by atoms with E-state index in [-0.39, 0.29) is 6.10 Å². The maximum absolute atomic E-state index is 9.49. The average Bonchev–Trinajstić information content (AvgIpc) is 2.59. The number of benzene rings is 1. The minimum Gasteiger partial charge on any atom is -0.393 e. The van der Waals surface area contributed by atoms with Crippen molar-refractivity contribution in [2.75, 3.05) is 0 Å². The van der Waals surface area contributed by atoms with E-state index in [9.17, 15) is 5.11 Å². The molecule has 1 aliphatic rings. The summed E-state index contributed by atoms with van der Waals surface area (Å²) in [7, 11) is 0. The Morgan fingerprint density at radius 1 is 1.40 bits per heavy atom. The maximum Gasteiger partial charge on any atom is 0.0538 e. The third-order valence-electron chi connectivity index (χ3n) is 3.17. The Kier molecular flexibility index (Phi) is 3.37. The standard InChI is InChI=1S/C13H18OS/c1-9(10(2)14)7-12-8-11-5-3-4-6-13(11)15-12/h3-6,9-10,12,14H,7-8H2,1-2H3. The van der Waals surface area contributed by atoms with E-state index in [1.165, 1.54) is 10.5 Å². The topological polar surface area (TPSA) is 20.2 Å². The highest BCUT2D eigenvalue weighted by Gasteiger charge is 2.24. The fraction of sp³-hybridized carbons (Fsp3) is 0.538. The monoisotopic (exact) mass is 222 g/mol. The second kappa shape index (κ2) is 4.58. The minimum absolute atomic E-state index is 0.186. The van der Waals surface area contributed by atoms with E-state index in [1.807, 2.05) is 18.7 Å². The number of rotatable bonds is 3.